The molecule has 1 aromatic heterocycles. The molecule has 0 spiro atoms. The topological polar surface area (TPSA) is 67.5 Å². The van der Waals surface area contributed by atoms with Gasteiger partial charge in [-0.3, -0.25) is 0 Å². The van der Waals surface area contributed by atoms with Gasteiger partial charge in [0.2, 0.25) is 0 Å². The Balaban J connectivity index is 1.38. The van der Waals surface area contributed by atoms with E-state index in [4.69, 9.17) is 9.47 Å². The lowest BCUT2D eigenvalue weighted by molar-refractivity contribution is 0.00425. The van der Waals surface area contributed by atoms with Crippen molar-refractivity contribution < 1.29 is 14.3 Å². The van der Waals surface area contributed by atoms with Gasteiger partial charge in [0.1, 0.15) is 23.8 Å². The molecule has 3 aromatic rings. The van der Waals surface area contributed by atoms with E-state index in [0.29, 0.717) is 18.6 Å². The third-order valence-electron chi connectivity index (χ3n) is 6.80. The van der Waals surface area contributed by atoms with E-state index in [2.05, 4.69) is 48.1 Å². The van der Waals surface area contributed by atoms with Crippen LogP contribution in [0.25, 0.3) is 22.5 Å². The van der Waals surface area contributed by atoms with E-state index < -0.39 is 5.60 Å². The van der Waals surface area contributed by atoms with Crippen molar-refractivity contribution in [2.24, 2.45) is 5.41 Å². The van der Waals surface area contributed by atoms with Crippen LogP contribution in [0.2, 0.25) is 0 Å². The second kappa shape index (κ2) is 10.8. The summed E-state index contributed by atoms with van der Waals surface area (Å²) >= 11 is 0. The lowest BCUT2D eigenvalue weighted by Gasteiger charge is -2.40. The molecule has 1 fully saturated rings. The van der Waals surface area contributed by atoms with Gasteiger partial charge < -0.3 is 19.4 Å². The molecule has 0 radical (unpaired) electrons. The number of nitrogens with zero attached hydrogens (tertiary/aromatic N) is 2. The largest absolute Gasteiger partial charge is 0.492 e. The fraction of sp³-hybridized carbons (Fsp3) is 0.467. The second-order valence-electron chi connectivity index (χ2n) is 11.5. The SMILES string of the molecule is CC1(C)CCC(N(CCOc2ccc(-c3cccc(-c4ncc[nH]4)c3)cc2)C(=O)OC(C)(C)C)CC1. The Morgan fingerprint density at radius 2 is 1.75 bits per heavy atom. The van der Waals surface area contributed by atoms with Crippen molar-refractivity contribution in [1.29, 1.82) is 0 Å². The molecule has 1 heterocycles. The number of nitrogens with one attached hydrogen (secondary N) is 1. The zero-order valence-electron chi connectivity index (χ0n) is 22.2. The number of imidazole rings is 1. The lowest BCUT2D eigenvalue weighted by Crippen LogP contribution is -2.47. The fourth-order valence-corrected chi connectivity index (χ4v) is 4.71. The molecule has 1 aliphatic rings. The van der Waals surface area contributed by atoms with Crippen LogP contribution in [0.4, 0.5) is 4.79 Å². The highest BCUT2D eigenvalue weighted by molar-refractivity contribution is 5.70. The maximum absolute atomic E-state index is 13.0. The first kappa shape index (κ1) is 25.8. The van der Waals surface area contributed by atoms with Crippen LogP contribution in [0.15, 0.2) is 60.9 Å². The van der Waals surface area contributed by atoms with Gasteiger partial charge in [-0.2, -0.15) is 0 Å². The first-order valence-corrected chi connectivity index (χ1v) is 12.9. The third-order valence-corrected chi connectivity index (χ3v) is 6.80. The summed E-state index contributed by atoms with van der Waals surface area (Å²) in [5.74, 6) is 1.64. The number of ether oxygens (including phenoxy) is 2. The molecule has 1 aliphatic carbocycles. The summed E-state index contributed by atoms with van der Waals surface area (Å²) in [6.07, 6.45) is 7.56. The van der Waals surface area contributed by atoms with Crippen molar-refractivity contribution in [3.8, 4) is 28.3 Å². The molecule has 0 saturated heterocycles. The summed E-state index contributed by atoms with van der Waals surface area (Å²) in [5, 5.41) is 0. The third kappa shape index (κ3) is 6.90. The molecule has 1 saturated carbocycles. The summed E-state index contributed by atoms with van der Waals surface area (Å²) in [5.41, 5.74) is 3.09. The minimum Gasteiger partial charge on any atom is -0.492 e. The zero-order valence-corrected chi connectivity index (χ0v) is 22.2. The van der Waals surface area contributed by atoms with Gasteiger partial charge in [-0.25, -0.2) is 9.78 Å². The van der Waals surface area contributed by atoms with Gasteiger partial charge in [-0.05, 0) is 81.2 Å². The molecule has 6 heteroatoms. The predicted molar refractivity (Wildman–Crippen MR) is 144 cm³/mol. The molecule has 0 bridgehead atoms. The molecule has 0 atom stereocenters. The van der Waals surface area contributed by atoms with E-state index in [1.165, 1.54) is 0 Å². The zero-order chi connectivity index (χ0) is 25.8. The molecule has 192 valence electrons. The number of benzene rings is 2. The van der Waals surface area contributed by atoms with Crippen LogP contribution in [0.3, 0.4) is 0 Å². The molecule has 1 amide bonds. The van der Waals surface area contributed by atoms with Gasteiger partial charge in [-0.15, -0.1) is 0 Å². The number of aromatic amines is 1. The molecule has 0 aliphatic heterocycles. The van der Waals surface area contributed by atoms with Crippen LogP contribution in [0.1, 0.15) is 60.3 Å². The highest BCUT2D eigenvalue weighted by Gasteiger charge is 2.34. The average Bonchev–Trinajstić information content (AvgIpc) is 3.37. The van der Waals surface area contributed by atoms with Gasteiger partial charge in [0.05, 0.1) is 6.54 Å². The van der Waals surface area contributed by atoms with Gasteiger partial charge >= 0.3 is 6.09 Å². The van der Waals surface area contributed by atoms with Crippen LogP contribution < -0.4 is 4.74 Å². The molecular formula is C30H39N3O3. The van der Waals surface area contributed by atoms with Crippen molar-refractivity contribution in [1.82, 2.24) is 14.9 Å². The molecule has 0 unspecified atom stereocenters. The summed E-state index contributed by atoms with van der Waals surface area (Å²) in [7, 11) is 0. The Labute approximate surface area is 215 Å². The Morgan fingerprint density at radius 3 is 2.39 bits per heavy atom. The smallest absolute Gasteiger partial charge is 0.410 e. The second-order valence-corrected chi connectivity index (χ2v) is 11.5. The van der Waals surface area contributed by atoms with E-state index in [1.807, 2.05) is 56.1 Å². The van der Waals surface area contributed by atoms with Crippen LogP contribution in [0.5, 0.6) is 5.75 Å². The van der Waals surface area contributed by atoms with E-state index >= 15 is 0 Å². The quantitative estimate of drug-likeness (QED) is 0.377. The van der Waals surface area contributed by atoms with Crippen molar-refractivity contribution >= 4 is 6.09 Å². The summed E-state index contributed by atoms with van der Waals surface area (Å²) in [6, 6.07) is 16.6. The Hall–Kier alpha value is -3.28. The summed E-state index contributed by atoms with van der Waals surface area (Å²) in [4.78, 5) is 22.4. The van der Waals surface area contributed by atoms with Gasteiger partial charge in [0, 0.05) is 24.0 Å². The molecular weight excluding hydrogens is 450 g/mol. The summed E-state index contributed by atoms with van der Waals surface area (Å²) in [6.45, 7) is 11.3. The van der Waals surface area contributed by atoms with E-state index in [-0.39, 0.29) is 12.1 Å². The highest BCUT2D eigenvalue weighted by atomic mass is 16.6. The summed E-state index contributed by atoms with van der Waals surface area (Å²) < 4.78 is 11.8. The normalized spacial score (nSPS) is 15.9. The van der Waals surface area contributed by atoms with Gasteiger partial charge in [0.25, 0.3) is 0 Å². The minimum absolute atomic E-state index is 0.195. The van der Waals surface area contributed by atoms with Crippen LogP contribution in [-0.4, -0.2) is 45.8 Å². The van der Waals surface area contributed by atoms with Crippen molar-refractivity contribution in [2.75, 3.05) is 13.2 Å². The van der Waals surface area contributed by atoms with Crippen molar-refractivity contribution in [2.45, 2.75) is 71.9 Å². The first-order valence-electron chi connectivity index (χ1n) is 12.9. The number of H-pyrrole nitrogens is 1. The lowest BCUT2D eigenvalue weighted by atomic mass is 9.75. The predicted octanol–water partition coefficient (Wildman–Crippen LogP) is 7.33. The maximum atomic E-state index is 13.0. The Bertz CT molecular complexity index is 1120. The number of amides is 1. The average molecular weight is 490 g/mol. The number of hydrogen-bond donors (Lipinski definition) is 1. The van der Waals surface area contributed by atoms with Gasteiger partial charge in [-0.1, -0.05) is 44.2 Å². The van der Waals surface area contributed by atoms with Crippen LogP contribution >= 0.6 is 0 Å². The Kier molecular flexibility index (Phi) is 7.72. The van der Waals surface area contributed by atoms with Crippen molar-refractivity contribution in [3.63, 3.8) is 0 Å². The number of aromatic nitrogens is 2. The number of hydrogen-bond acceptors (Lipinski definition) is 4. The first-order chi connectivity index (χ1) is 17.1. The molecule has 36 heavy (non-hydrogen) atoms. The maximum Gasteiger partial charge on any atom is 0.410 e. The number of carbonyl (C=O) groups excluding carboxylic acids is 1. The standard InChI is InChI=1S/C30H39N3O3/c1-29(2,3)36-28(34)33(25-13-15-30(4,5)16-14-25)19-20-35-26-11-9-22(10-12-26)23-7-6-8-24(21-23)27-31-17-18-32-27/h6-12,17-18,21,25H,13-16,19-20H2,1-5H3,(H,31,32). The highest BCUT2D eigenvalue weighted by Crippen LogP contribution is 2.37. The number of carbonyl (C=O) groups is 1. The van der Waals surface area contributed by atoms with Crippen molar-refractivity contribution in [3.05, 3.63) is 60.9 Å². The fourth-order valence-electron chi connectivity index (χ4n) is 4.71. The van der Waals surface area contributed by atoms with E-state index in [1.54, 1.807) is 6.20 Å². The molecule has 4 rings (SSSR count). The van der Waals surface area contributed by atoms with E-state index in [9.17, 15) is 4.79 Å². The number of rotatable bonds is 7. The monoisotopic (exact) mass is 489 g/mol. The van der Waals surface area contributed by atoms with Gasteiger partial charge in [0.15, 0.2) is 0 Å². The molecule has 1 N–H and O–H groups in total. The molecule has 2 aromatic carbocycles. The minimum atomic E-state index is -0.520. The Morgan fingerprint density at radius 1 is 1.06 bits per heavy atom. The van der Waals surface area contributed by atoms with Crippen LogP contribution in [-0.2, 0) is 4.74 Å². The van der Waals surface area contributed by atoms with E-state index in [0.717, 1.165) is 53.9 Å². The molecule has 6 nitrogen and oxygen atoms in total. The van der Waals surface area contributed by atoms with Crippen LogP contribution in [0, 0.1) is 5.41 Å².